The van der Waals surface area contributed by atoms with Crippen LogP contribution in [0.25, 0.3) is 11.1 Å². The average molecular weight is 413 g/mol. The Labute approximate surface area is 177 Å². The third-order valence-electron chi connectivity index (χ3n) is 4.78. The normalized spacial score (nSPS) is 12.6. The van der Waals surface area contributed by atoms with Crippen LogP contribution in [-0.4, -0.2) is 20.4 Å². The van der Waals surface area contributed by atoms with E-state index in [0.29, 0.717) is 11.9 Å². The molecule has 0 aromatic heterocycles. The maximum atomic E-state index is 11.0. The zero-order chi connectivity index (χ0) is 21.3. The summed E-state index contributed by atoms with van der Waals surface area (Å²) in [6.07, 6.45) is 7.76. The number of rotatable bonds is 11. The van der Waals surface area contributed by atoms with E-state index >= 15 is 0 Å². The fraction of sp³-hybridized carbons (Fsp3) is 0.480. The lowest BCUT2D eigenvalue weighted by Gasteiger charge is -2.23. The molecule has 0 spiro atoms. The van der Waals surface area contributed by atoms with E-state index in [2.05, 4.69) is 50.8 Å². The van der Waals surface area contributed by atoms with Crippen molar-refractivity contribution in [3.05, 3.63) is 54.1 Å². The molecule has 0 bridgehead atoms. The van der Waals surface area contributed by atoms with Crippen molar-refractivity contribution in [2.45, 2.75) is 78.1 Å². The van der Waals surface area contributed by atoms with Gasteiger partial charge in [0.15, 0.2) is 8.32 Å². The monoisotopic (exact) mass is 412 g/mol. The molecule has 0 aliphatic carbocycles. The van der Waals surface area contributed by atoms with Crippen molar-refractivity contribution in [2.75, 3.05) is 0 Å². The van der Waals surface area contributed by atoms with Crippen molar-refractivity contribution >= 4 is 14.3 Å². The van der Waals surface area contributed by atoms with Crippen LogP contribution >= 0.6 is 0 Å². The van der Waals surface area contributed by atoms with Gasteiger partial charge in [0, 0.05) is 13.0 Å². The SMILES string of the molecule is CC(=O)Oc1ccc(-c2ccc(CCCCCCC(C)O[Si](C)(C)C)cc2)cc1. The van der Waals surface area contributed by atoms with Crippen LogP contribution in [0.3, 0.4) is 0 Å². The van der Waals surface area contributed by atoms with Gasteiger partial charge in [-0.25, -0.2) is 0 Å². The lowest BCUT2D eigenvalue weighted by Crippen LogP contribution is -2.30. The minimum absolute atomic E-state index is 0.295. The molecule has 2 rings (SSSR count). The summed E-state index contributed by atoms with van der Waals surface area (Å²) in [5.74, 6) is 0.288. The summed E-state index contributed by atoms with van der Waals surface area (Å²) in [5.41, 5.74) is 3.70. The first-order valence-electron chi connectivity index (χ1n) is 10.8. The molecular formula is C25H36O3Si. The number of hydrogen-bond donors (Lipinski definition) is 0. The Bertz CT molecular complexity index is 745. The quantitative estimate of drug-likeness (QED) is 0.172. The minimum atomic E-state index is -1.40. The van der Waals surface area contributed by atoms with E-state index in [1.165, 1.54) is 50.2 Å². The van der Waals surface area contributed by atoms with Gasteiger partial charge in [-0.05, 0) is 74.7 Å². The molecule has 4 heteroatoms. The molecule has 0 radical (unpaired) electrons. The second-order valence-corrected chi connectivity index (χ2v) is 13.3. The van der Waals surface area contributed by atoms with Gasteiger partial charge in [-0.1, -0.05) is 55.7 Å². The first-order chi connectivity index (χ1) is 13.7. The summed E-state index contributed by atoms with van der Waals surface area (Å²) in [6, 6.07) is 16.4. The average Bonchev–Trinajstić information content (AvgIpc) is 2.64. The molecule has 0 heterocycles. The third-order valence-corrected chi connectivity index (χ3v) is 5.89. The van der Waals surface area contributed by atoms with Gasteiger partial charge in [-0.3, -0.25) is 4.79 Å². The topological polar surface area (TPSA) is 35.5 Å². The zero-order valence-corrected chi connectivity index (χ0v) is 19.7. The van der Waals surface area contributed by atoms with Gasteiger partial charge in [0.1, 0.15) is 5.75 Å². The minimum Gasteiger partial charge on any atom is -0.427 e. The summed E-state index contributed by atoms with van der Waals surface area (Å²) in [4.78, 5) is 11.0. The Balaban J connectivity index is 1.69. The Hall–Kier alpha value is -1.91. The summed E-state index contributed by atoms with van der Waals surface area (Å²) < 4.78 is 11.2. The molecule has 158 valence electrons. The van der Waals surface area contributed by atoms with Gasteiger partial charge < -0.3 is 9.16 Å². The molecule has 0 saturated heterocycles. The number of hydrogen-bond acceptors (Lipinski definition) is 3. The van der Waals surface area contributed by atoms with Crippen LogP contribution < -0.4 is 4.74 Å². The molecule has 2 aromatic carbocycles. The molecule has 0 saturated carbocycles. The van der Waals surface area contributed by atoms with Crippen molar-refractivity contribution in [3.8, 4) is 16.9 Å². The van der Waals surface area contributed by atoms with Crippen LogP contribution in [0.1, 0.15) is 51.5 Å². The van der Waals surface area contributed by atoms with Crippen molar-refractivity contribution in [1.29, 1.82) is 0 Å². The number of ether oxygens (including phenoxy) is 1. The first-order valence-corrected chi connectivity index (χ1v) is 14.2. The van der Waals surface area contributed by atoms with Crippen LogP contribution in [0.5, 0.6) is 5.75 Å². The molecule has 0 N–H and O–H groups in total. The van der Waals surface area contributed by atoms with E-state index < -0.39 is 8.32 Å². The predicted molar refractivity (Wildman–Crippen MR) is 124 cm³/mol. The second kappa shape index (κ2) is 11.3. The van der Waals surface area contributed by atoms with Crippen molar-refractivity contribution in [3.63, 3.8) is 0 Å². The van der Waals surface area contributed by atoms with Gasteiger partial charge in [-0.15, -0.1) is 0 Å². The highest BCUT2D eigenvalue weighted by Gasteiger charge is 2.17. The van der Waals surface area contributed by atoms with E-state index in [-0.39, 0.29) is 5.97 Å². The smallest absolute Gasteiger partial charge is 0.308 e. The van der Waals surface area contributed by atoms with Crippen molar-refractivity contribution in [2.24, 2.45) is 0 Å². The fourth-order valence-electron chi connectivity index (χ4n) is 3.52. The molecule has 3 nitrogen and oxygen atoms in total. The number of esters is 1. The highest BCUT2D eigenvalue weighted by Crippen LogP contribution is 2.23. The number of carbonyl (C=O) groups excluding carboxylic acids is 1. The summed E-state index contributed by atoms with van der Waals surface area (Å²) in [6.45, 7) is 10.4. The predicted octanol–water partition coefficient (Wildman–Crippen LogP) is 7.01. The number of carbonyl (C=O) groups is 1. The number of unbranched alkanes of at least 4 members (excludes halogenated alkanes) is 3. The van der Waals surface area contributed by atoms with Crippen LogP contribution in [0.2, 0.25) is 19.6 Å². The fourth-order valence-corrected chi connectivity index (χ4v) is 4.85. The number of aryl methyl sites for hydroxylation is 1. The Morgan fingerprint density at radius 2 is 1.41 bits per heavy atom. The first kappa shape index (κ1) is 23.4. The van der Waals surface area contributed by atoms with E-state index in [4.69, 9.17) is 9.16 Å². The van der Waals surface area contributed by atoms with Gasteiger partial charge >= 0.3 is 5.97 Å². The maximum absolute atomic E-state index is 11.0. The van der Waals surface area contributed by atoms with E-state index in [1.54, 1.807) is 0 Å². The largest absolute Gasteiger partial charge is 0.427 e. The molecule has 0 aliphatic heterocycles. The van der Waals surface area contributed by atoms with E-state index in [0.717, 1.165) is 12.0 Å². The lowest BCUT2D eigenvalue weighted by molar-refractivity contribution is -0.131. The molecule has 29 heavy (non-hydrogen) atoms. The molecular weight excluding hydrogens is 376 g/mol. The van der Waals surface area contributed by atoms with Gasteiger partial charge in [-0.2, -0.15) is 0 Å². The lowest BCUT2D eigenvalue weighted by atomic mass is 10.0. The highest BCUT2D eigenvalue weighted by molar-refractivity contribution is 6.69. The molecule has 0 amide bonds. The van der Waals surface area contributed by atoms with Gasteiger partial charge in [0.25, 0.3) is 0 Å². The summed E-state index contributed by atoms with van der Waals surface area (Å²) in [7, 11) is -1.40. The molecule has 1 atom stereocenters. The molecule has 2 aromatic rings. The van der Waals surface area contributed by atoms with Crippen molar-refractivity contribution in [1.82, 2.24) is 0 Å². The molecule has 0 fully saturated rings. The Kier molecular flexibility index (Phi) is 9.12. The highest BCUT2D eigenvalue weighted by atomic mass is 28.4. The van der Waals surface area contributed by atoms with Gasteiger partial charge in [0.2, 0.25) is 0 Å². The number of benzene rings is 2. The third kappa shape index (κ3) is 9.42. The van der Waals surface area contributed by atoms with E-state index in [1.807, 2.05) is 24.3 Å². The van der Waals surface area contributed by atoms with E-state index in [9.17, 15) is 4.79 Å². The Morgan fingerprint density at radius 1 is 0.862 bits per heavy atom. The van der Waals surface area contributed by atoms with Crippen LogP contribution in [0.4, 0.5) is 0 Å². The standard InChI is InChI=1S/C25H36O3Si/c1-20(28-29(3,4)5)10-8-6-7-9-11-22-12-14-23(15-13-22)24-16-18-25(19-17-24)27-21(2)26/h12-20H,6-11H2,1-5H3. The Morgan fingerprint density at radius 3 is 1.97 bits per heavy atom. The zero-order valence-electron chi connectivity index (χ0n) is 18.7. The molecule has 1 unspecified atom stereocenters. The maximum Gasteiger partial charge on any atom is 0.308 e. The molecule has 0 aliphatic rings. The second-order valence-electron chi connectivity index (χ2n) is 8.81. The van der Waals surface area contributed by atoms with Crippen LogP contribution in [0.15, 0.2) is 48.5 Å². The summed E-state index contributed by atoms with van der Waals surface area (Å²) in [5, 5.41) is 0. The summed E-state index contributed by atoms with van der Waals surface area (Å²) >= 11 is 0. The van der Waals surface area contributed by atoms with Gasteiger partial charge in [0.05, 0.1) is 0 Å². The van der Waals surface area contributed by atoms with Crippen LogP contribution in [0, 0.1) is 0 Å². The van der Waals surface area contributed by atoms with Crippen molar-refractivity contribution < 1.29 is 14.0 Å². The van der Waals surface area contributed by atoms with Crippen LogP contribution in [-0.2, 0) is 15.6 Å².